The van der Waals surface area contributed by atoms with Gasteiger partial charge in [-0.05, 0) is 35.4 Å². The zero-order valence-corrected chi connectivity index (χ0v) is 8.18. The Hall–Kier alpha value is -2.36. The molecule has 0 atom stereocenters. The van der Waals surface area contributed by atoms with E-state index in [2.05, 4.69) is 0 Å². The van der Waals surface area contributed by atoms with E-state index in [1.54, 1.807) is 12.1 Å². The van der Waals surface area contributed by atoms with Crippen LogP contribution in [0.4, 0.5) is 0 Å². The number of hydrogen-bond donors (Lipinski definition) is 2. The second-order valence-electron chi connectivity index (χ2n) is 3.39. The molecule has 4 heteroatoms. The molecule has 80 valence electrons. The Morgan fingerprint density at radius 1 is 0.812 bits per heavy atom. The second-order valence-corrected chi connectivity index (χ2v) is 3.39. The average molecular weight is 216 g/mol. The SMILES string of the molecule is O=C(O)c1cccc2cc(C(=O)O)cc-2c1. The summed E-state index contributed by atoms with van der Waals surface area (Å²) >= 11 is 0. The van der Waals surface area contributed by atoms with Crippen LogP contribution < -0.4 is 0 Å². The molecule has 0 amide bonds. The molecule has 2 aliphatic rings. The minimum atomic E-state index is -1.03. The maximum atomic E-state index is 10.8. The van der Waals surface area contributed by atoms with E-state index in [1.807, 2.05) is 0 Å². The maximum absolute atomic E-state index is 10.8. The van der Waals surface area contributed by atoms with E-state index in [1.165, 1.54) is 24.3 Å². The van der Waals surface area contributed by atoms with Crippen LogP contribution in [0.1, 0.15) is 20.7 Å². The Kier molecular flexibility index (Phi) is 2.32. The highest BCUT2D eigenvalue weighted by Crippen LogP contribution is 2.25. The third-order valence-electron chi connectivity index (χ3n) is 2.31. The van der Waals surface area contributed by atoms with Crippen molar-refractivity contribution in [3.8, 4) is 11.1 Å². The van der Waals surface area contributed by atoms with Crippen molar-refractivity contribution in [1.29, 1.82) is 0 Å². The zero-order chi connectivity index (χ0) is 11.7. The van der Waals surface area contributed by atoms with E-state index in [0.717, 1.165) is 0 Å². The molecule has 0 aromatic rings. The van der Waals surface area contributed by atoms with Gasteiger partial charge in [0, 0.05) is 0 Å². The quantitative estimate of drug-likeness (QED) is 0.806. The summed E-state index contributed by atoms with van der Waals surface area (Å²) < 4.78 is 0. The van der Waals surface area contributed by atoms with Gasteiger partial charge in [0.1, 0.15) is 0 Å². The van der Waals surface area contributed by atoms with Crippen molar-refractivity contribution in [2.75, 3.05) is 0 Å². The number of fused-ring (bicyclic) bond motifs is 1. The third-order valence-corrected chi connectivity index (χ3v) is 2.31. The summed E-state index contributed by atoms with van der Waals surface area (Å²) in [6.45, 7) is 0. The Morgan fingerprint density at radius 2 is 1.38 bits per heavy atom. The minimum Gasteiger partial charge on any atom is -0.478 e. The van der Waals surface area contributed by atoms with Gasteiger partial charge in [0.2, 0.25) is 0 Å². The molecule has 4 nitrogen and oxygen atoms in total. The van der Waals surface area contributed by atoms with E-state index < -0.39 is 11.9 Å². The molecule has 16 heavy (non-hydrogen) atoms. The first-order valence-electron chi connectivity index (χ1n) is 4.58. The number of carboxylic acid groups (broad SMARTS) is 2. The lowest BCUT2D eigenvalue weighted by molar-refractivity contribution is 0.0687. The number of rotatable bonds is 2. The molecule has 2 N–H and O–H groups in total. The highest BCUT2D eigenvalue weighted by atomic mass is 16.4. The Labute approximate surface area is 91.1 Å². The van der Waals surface area contributed by atoms with Crippen LogP contribution >= 0.6 is 0 Å². The summed E-state index contributed by atoms with van der Waals surface area (Å²) in [4.78, 5) is 21.6. The third kappa shape index (κ3) is 1.72. The van der Waals surface area contributed by atoms with Crippen LogP contribution in [0, 0.1) is 0 Å². The molecule has 2 rings (SSSR count). The maximum Gasteiger partial charge on any atom is 0.335 e. The summed E-state index contributed by atoms with van der Waals surface area (Å²) in [5, 5.41) is 17.7. The molecule has 0 aromatic carbocycles. The van der Waals surface area contributed by atoms with E-state index >= 15 is 0 Å². The molecule has 0 bridgehead atoms. The van der Waals surface area contributed by atoms with Gasteiger partial charge in [-0.15, -0.1) is 0 Å². The summed E-state index contributed by atoms with van der Waals surface area (Å²) in [6.07, 6.45) is 0. The van der Waals surface area contributed by atoms with E-state index in [-0.39, 0.29) is 11.1 Å². The van der Waals surface area contributed by atoms with Gasteiger partial charge < -0.3 is 10.2 Å². The van der Waals surface area contributed by atoms with Crippen LogP contribution in [0.15, 0.2) is 36.4 Å². The van der Waals surface area contributed by atoms with Gasteiger partial charge in [-0.2, -0.15) is 0 Å². The van der Waals surface area contributed by atoms with Crippen molar-refractivity contribution in [2.45, 2.75) is 0 Å². The molecular weight excluding hydrogens is 208 g/mol. The van der Waals surface area contributed by atoms with Crippen molar-refractivity contribution >= 4 is 11.9 Å². The molecule has 0 unspecified atom stereocenters. The Morgan fingerprint density at radius 3 is 2.00 bits per heavy atom. The van der Waals surface area contributed by atoms with Crippen LogP contribution in [0.2, 0.25) is 0 Å². The summed E-state index contributed by atoms with van der Waals surface area (Å²) in [7, 11) is 0. The predicted octanol–water partition coefficient (Wildman–Crippen LogP) is 2.19. The Bertz CT molecular complexity index is 545. The lowest BCUT2D eigenvalue weighted by Crippen LogP contribution is -1.93. The average Bonchev–Trinajstić information content (AvgIpc) is 2.50. The molecule has 2 aliphatic carbocycles. The zero-order valence-electron chi connectivity index (χ0n) is 8.18. The first kappa shape index (κ1) is 10.2. The molecule has 0 fully saturated rings. The van der Waals surface area contributed by atoms with E-state index in [9.17, 15) is 9.59 Å². The van der Waals surface area contributed by atoms with Crippen molar-refractivity contribution in [3.05, 3.63) is 47.5 Å². The summed E-state index contributed by atoms with van der Waals surface area (Å²) in [5.74, 6) is -2.05. The van der Waals surface area contributed by atoms with E-state index in [4.69, 9.17) is 10.2 Å². The highest BCUT2D eigenvalue weighted by Gasteiger charge is 2.12. The van der Waals surface area contributed by atoms with Gasteiger partial charge in [-0.25, -0.2) is 9.59 Å². The number of carboxylic acids is 2. The molecule has 0 aromatic heterocycles. The second kappa shape index (κ2) is 3.66. The molecular formula is C12H8O4. The first-order valence-corrected chi connectivity index (χ1v) is 4.58. The fourth-order valence-corrected chi connectivity index (χ4v) is 1.54. The van der Waals surface area contributed by atoms with E-state index in [0.29, 0.717) is 11.1 Å². The van der Waals surface area contributed by atoms with Gasteiger partial charge >= 0.3 is 11.9 Å². The summed E-state index contributed by atoms with van der Waals surface area (Å²) in [6, 6.07) is 9.20. The number of hydrogen-bond acceptors (Lipinski definition) is 2. The smallest absolute Gasteiger partial charge is 0.335 e. The molecule has 0 spiro atoms. The topological polar surface area (TPSA) is 74.6 Å². The van der Waals surface area contributed by atoms with Crippen molar-refractivity contribution in [3.63, 3.8) is 0 Å². The largest absolute Gasteiger partial charge is 0.478 e. The van der Waals surface area contributed by atoms with Gasteiger partial charge in [0.05, 0.1) is 11.1 Å². The molecule has 0 radical (unpaired) electrons. The molecule has 0 saturated heterocycles. The lowest BCUT2D eigenvalue weighted by atomic mass is 10.2. The normalized spacial score (nSPS) is 10.2. The van der Waals surface area contributed by atoms with Crippen LogP contribution in [0.25, 0.3) is 11.1 Å². The van der Waals surface area contributed by atoms with Crippen LogP contribution in [-0.4, -0.2) is 22.2 Å². The van der Waals surface area contributed by atoms with Crippen molar-refractivity contribution in [1.82, 2.24) is 0 Å². The van der Waals surface area contributed by atoms with Gasteiger partial charge in [-0.1, -0.05) is 12.1 Å². The fraction of sp³-hybridized carbons (Fsp3) is 0. The fourth-order valence-electron chi connectivity index (χ4n) is 1.54. The summed E-state index contributed by atoms with van der Waals surface area (Å²) in [5.41, 5.74) is 1.62. The lowest BCUT2D eigenvalue weighted by Gasteiger charge is -1.90. The van der Waals surface area contributed by atoms with Crippen molar-refractivity contribution < 1.29 is 19.8 Å². The first-order chi connectivity index (χ1) is 7.58. The van der Waals surface area contributed by atoms with Crippen LogP contribution in [0.3, 0.4) is 0 Å². The minimum absolute atomic E-state index is 0.137. The van der Waals surface area contributed by atoms with Gasteiger partial charge in [0.15, 0.2) is 0 Å². The molecule has 0 saturated carbocycles. The highest BCUT2D eigenvalue weighted by molar-refractivity contribution is 5.94. The molecule has 0 aliphatic heterocycles. The number of aromatic carboxylic acids is 2. The van der Waals surface area contributed by atoms with Gasteiger partial charge in [-0.3, -0.25) is 0 Å². The van der Waals surface area contributed by atoms with Crippen LogP contribution in [-0.2, 0) is 0 Å². The number of carbonyl (C=O) groups is 2. The van der Waals surface area contributed by atoms with Gasteiger partial charge in [0.25, 0.3) is 0 Å². The monoisotopic (exact) mass is 216 g/mol. The predicted molar refractivity (Wildman–Crippen MR) is 57.0 cm³/mol. The standard InChI is InChI=1S/C12H8O4/c13-11(14)8-3-1-2-7-4-10(12(15)16)6-9(7)5-8/h1-6H,(H,13,14)(H,15,16). The Balaban J connectivity index is 2.63. The molecule has 0 heterocycles. The van der Waals surface area contributed by atoms with Crippen molar-refractivity contribution in [2.24, 2.45) is 0 Å². The van der Waals surface area contributed by atoms with Crippen LogP contribution in [0.5, 0.6) is 0 Å².